The normalized spacial score (nSPS) is 17.4. The molecule has 0 radical (unpaired) electrons. The van der Waals surface area contributed by atoms with Crippen molar-refractivity contribution in [2.45, 2.75) is 19.8 Å². The lowest BCUT2D eigenvalue weighted by Gasteiger charge is -2.21. The van der Waals surface area contributed by atoms with E-state index in [1.165, 1.54) is 11.1 Å². The minimum Gasteiger partial charge on any atom is -0.497 e. The summed E-state index contributed by atoms with van der Waals surface area (Å²) in [7, 11) is 1.68. The molecule has 0 N–H and O–H groups in total. The number of rotatable bonds is 4. The first kappa shape index (κ1) is 17.2. The molecule has 1 heterocycles. The standard InChI is InChI=1S/C20H19BrClNO/c1-12(2)17-18(13-7-9-15(22)10-8-13)19(23-20(17)21)14-5-4-6-16(11-14)24-3/h4-12,18H,1-3H3. The molecule has 0 saturated heterocycles. The van der Waals surface area contributed by atoms with Crippen molar-refractivity contribution in [3.05, 3.63) is 74.9 Å². The number of nitrogens with zero attached hydrogens (tertiary/aromatic N) is 1. The molecule has 0 fully saturated rings. The Morgan fingerprint density at radius 2 is 1.83 bits per heavy atom. The average molecular weight is 405 g/mol. The zero-order valence-corrected chi connectivity index (χ0v) is 16.2. The molecule has 2 aromatic carbocycles. The lowest BCUT2D eigenvalue weighted by atomic mass is 9.81. The van der Waals surface area contributed by atoms with Gasteiger partial charge in [-0.05, 0) is 57.2 Å². The molecule has 3 rings (SSSR count). The van der Waals surface area contributed by atoms with E-state index in [4.69, 9.17) is 21.3 Å². The van der Waals surface area contributed by atoms with Gasteiger partial charge in [-0.15, -0.1) is 0 Å². The largest absolute Gasteiger partial charge is 0.497 e. The quantitative estimate of drug-likeness (QED) is 0.556. The van der Waals surface area contributed by atoms with Crippen molar-refractivity contribution in [1.82, 2.24) is 0 Å². The maximum absolute atomic E-state index is 6.07. The van der Waals surface area contributed by atoms with Crippen LogP contribution in [0.3, 0.4) is 0 Å². The minimum atomic E-state index is 0.115. The number of halogens is 2. The van der Waals surface area contributed by atoms with Crippen LogP contribution in [-0.4, -0.2) is 12.8 Å². The Bertz CT molecular complexity index is 809. The number of hydrogen-bond donors (Lipinski definition) is 0. The summed E-state index contributed by atoms with van der Waals surface area (Å²) in [4.78, 5) is 4.84. The maximum atomic E-state index is 6.07. The summed E-state index contributed by atoms with van der Waals surface area (Å²) in [6.45, 7) is 4.40. The second-order valence-corrected chi connectivity index (χ2v) is 7.30. The molecule has 1 aliphatic rings. The molecular formula is C20H19BrClNO. The van der Waals surface area contributed by atoms with E-state index in [0.717, 1.165) is 26.7 Å². The molecule has 0 aliphatic carbocycles. The number of benzene rings is 2. The van der Waals surface area contributed by atoms with E-state index >= 15 is 0 Å². The van der Waals surface area contributed by atoms with Crippen molar-refractivity contribution in [3.8, 4) is 5.75 Å². The minimum absolute atomic E-state index is 0.115. The molecule has 2 aromatic rings. The van der Waals surface area contributed by atoms with Gasteiger partial charge in [-0.2, -0.15) is 0 Å². The van der Waals surface area contributed by atoms with E-state index in [1.807, 2.05) is 30.3 Å². The van der Waals surface area contributed by atoms with Gasteiger partial charge in [0, 0.05) is 10.6 Å². The summed E-state index contributed by atoms with van der Waals surface area (Å²) in [6.07, 6.45) is 0. The van der Waals surface area contributed by atoms with Crippen LogP contribution < -0.4 is 4.74 Å². The van der Waals surface area contributed by atoms with Gasteiger partial charge in [-0.1, -0.05) is 49.7 Å². The summed E-state index contributed by atoms with van der Waals surface area (Å²) < 4.78 is 6.30. The van der Waals surface area contributed by atoms with Crippen LogP contribution in [0, 0.1) is 5.92 Å². The summed E-state index contributed by atoms with van der Waals surface area (Å²) >= 11 is 9.74. The van der Waals surface area contributed by atoms with Gasteiger partial charge in [0.1, 0.15) is 10.4 Å². The molecule has 0 saturated carbocycles. The van der Waals surface area contributed by atoms with Gasteiger partial charge < -0.3 is 4.74 Å². The second kappa shape index (κ2) is 7.12. The highest BCUT2D eigenvalue weighted by molar-refractivity contribution is 9.11. The Labute approximate surface area is 156 Å². The van der Waals surface area contributed by atoms with E-state index in [1.54, 1.807) is 7.11 Å². The SMILES string of the molecule is COc1cccc(C2=NC(Br)=C(C(C)C)C2c2ccc(Cl)cc2)c1. The molecule has 1 atom stereocenters. The van der Waals surface area contributed by atoms with Gasteiger partial charge in [0.25, 0.3) is 0 Å². The third-order valence-electron chi connectivity index (χ3n) is 4.23. The van der Waals surface area contributed by atoms with Crippen molar-refractivity contribution in [2.75, 3.05) is 7.11 Å². The highest BCUT2D eigenvalue weighted by atomic mass is 79.9. The zero-order valence-electron chi connectivity index (χ0n) is 13.9. The first-order valence-electron chi connectivity index (χ1n) is 7.89. The van der Waals surface area contributed by atoms with Crippen LogP contribution in [0.4, 0.5) is 0 Å². The van der Waals surface area contributed by atoms with Crippen molar-refractivity contribution < 1.29 is 4.74 Å². The van der Waals surface area contributed by atoms with E-state index in [0.29, 0.717) is 5.92 Å². The Morgan fingerprint density at radius 1 is 1.12 bits per heavy atom. The molecular weight excluding hydrogens is 386 g/mol. The molecule has 2 nitrogen and oxygen atoms in total. The third kappa shape index (κ3) is 3.28. The number of ether oxygens (including phenoxy) is 1. The predicted octanol–water partition coefficient (Wildman–Crippen LogP) is 6.20. The van der Waals surface area contributed by atoms with Crippen molar-refractivity contribution >= 4 is 33.2 Å². The monoisotopic (exact) mass is 403 g/mol. The van der Waals surface area contributed by atoms with E-state index in [9.17, 15) is 0 Å². The van der Waals surface area contributed by atoms with Crippen LogP contribution in [0.25, 0.3) is 0 Å². The van der Waals surface area contributed by atoms with E-state index < -0.39 is 0 Å². The fraction of sp³-hybridized carbons (Fsp3) is 0.250. The smallest absolute Gasteiger partial charge is 0.119 e. The van der Waals surface area contributed by atoms with Crippen LogP contribution >= 0.6 is 27.5 Å². The van der Waals surface area contributed by atoms with E-state index in [2.05, 4.69) is 48.0 Å². The summed E-state index contributed by atoms with van der Waals surface area (Å²) in [5, 5.41) is 0.741. The second-order valence-electron chi connectivity index (χ2n) is 6.11. The summed E-state index contributed by atoms with van der Waals surface area (Å²) in [5.74, 6) is 1.33. The zero-order chi connectivity index (χ0) is 17.3. The third-order valence-corrected chi connectivity index (χ3v) is 5.12. The van der Waals surface area contributed by atoms with Crippen LogP contribution in [0.2, 0.25) is 5.02 Å². The average Bonchev–Trinajstić information content (AvgIpc) is 2.93. The maximum Gasteiger partial charge on any atom is 0.119 e. The fourth-order valence-electron chi connectivity index (χ4n) is 3.08. The highest BCUT2D eigenvalue weighted by Crippen LogP contribution is 2.43. The van der Waals surface area contributed by atoms with Gasteiger partial charge in [-0.3, -0.25) is 0 Å². The molecule has 124 valence electrons. The Balaban J connectivity index is 2.11. The number of methoxy groups -OCH3 is 1. The Hall–Kier alpha value is -1.58. The number of aliphatic imine (C=N–C) groups is 1. The lowest BCUT2D eigenvalue weighted by Crippen LogP contribution is -2.15. The number of hydrogen-bond acceptors (Lipinski definition) is 2. The highest BCUT2D eigenvalue weighted by Gasteiger charge is 2.33. The topological polar surface area (TPSA) is 21.6 Å². The molecule has 0 amide bonds. The van der Waals surface area contributed by atoms with Crippen LogP contribution in [-0.2, 0) is 0 Å². The molecule has 0 spiro atoms. The van der Waals surface area contributed by atoms with Gasteiger partial charge in [0.15, 0.2) is 0 Å². The molecule has 4 heteroatoms. The van der Waals surface area contributed by atoms with Crippen molar-refractivity contribution in [2.24, 2.45) is 10.9 Å². The molecule has 1 aliphatic heterocycles. The number of allylic oxidation sites excluding steroid dienone is 1. The van der Waals surface area contributed by atoms with Gasteiger partial charge in [0.05, 0.1) is 18.7 Å². The van der Waals surface area contributed by atoms with Crippen LogP contribution in [0.15, 0.2) is 63.7 Å². The molecule has 0 bridgehead atoms. The van der Waals surface area contributed by atoms with Crippen LogP contribution in [0.1, 0.15) is 30.9 Å². The summed E-state index contributed by atoms with van der Waals surface area (Å²) in [5.41, 5.74) is 4.59. The van der Waals surface area contributed by atoms with Crippen molar-refractivity contribution in [3.63, 3.8) is 0 Å². The molecule has 1 unspecified atom stereocenters. The van der Waals surface area contributed by atoms with Crippen molar-refractivity contribution in [1.29, 1.82) is 0 Å². The van der Waals surface area contributed by atoms with Gasteiger partial charge in [-0.25, -0.2) is 4.99 Å². The van der Waals surface area contributed by atoms with Gasteiger partial charge in [0.2, 0.25) is 0 Å². The fourth-order valence-corrected chi connectivity index (χ4v) is 4.08. The Kier molecular flexibility index (Phi) is 5.12. The predicted molar refractivity (Wildman–Crippen MR) is 105 cm³/mol. The van der Waals surface area contributed by atoms with Crippen LogP contribution in [0.5, 0.6) is 5.75 Å². The lowest BCUT2D eigenvalue weighted by molar-refractivity contribution is 0.414. The molecule has 24 heavy (non-hydrogen) atoms. The van der Waals surface area contributed by atoms with Gasteiger partial charge >= 0.3 is 0 Å². The molecule has 0 aromatic heterocycles. The van der Waals surface area contributed by atoms with E-state index in [-0.39, 0.29) is 5.92 Å². The summed E-state index contributed by atoms with van der Waals surface area (Å²) in [6, 6.07) is 16.1. The first-order valence-corrected chi connectivity index (χ1v) is 9.06. The first-order chi connectivity index (χ1) is 11.5. The Morgan fingerprint density at radius 3 is 2.46 bits per heavy atom.